The summed E-state index contributed by atoms with van der Waals surface area (Å²) in [6, 6.07) is 13.8. The van der Waals surface area contributed by atoms with Crippen LogP contribution in [-0.4, -0.2) is 49.4 Å². The Morgan fingerprint density at radius 1 is 1.10 bits per heavy atom. The lowest BCUT2D eigenvalue weighted by molar-refractivity contribution is -0.115. The van der Waals surface area contributed by atoms with Crippen LogP contribution in [0.5, 0.6) is 0 Å². The molecule has 154 valence electrons. The molecule has 2 amide bonds. The number of primary amides is 1. The maximum atomic E-state index is 11.7. The Morgan fingerprint density at radius 2 is 1.93 bits per heavy atom. The van der Waals surface area contributed by atoms with Crippen LogP contribution in [0.2, 0.25) is 0 Å². The predicted octanol–water partition coefficient (Wildman–Crippen LogP) is 2.39. The van der Waals surface area contributed by atoms with Crippen molar-refractivity contribution < 1.29 is 14.0 Å². The summed E-state index contributed by atoms with van der Waals surface area (Å²) in [5, 5.41) is 3.82. The van der Waals surface area contributed by atoms with E-state index >= 15 is 0 Å². The third kappa shape index (κ3) is 3.52. The molecule has 7 heteroatoms. The second-order valence-corrected chi connectivity index (χ2v) is 7.94. The smallest absolute Gasteiger partial charge is 0.284 e. The van der Waals surface area contributed by atoms with Crippen molar-refractivity contribution in [1.29, 1.82) is 0 Å². The van der Waals surface area contributed by atoms with E-state index in [1.807, 2.05) is 24.3 Å². The number of nitrogens with one attached hydrogen (secondary N) is 1. The number of carbonyl (C=O) groups is 2. The second-order valence-electron chi connectivity index (χ2n) is 7.94. The van der Waals surface area contributed by atoms with Gasteiger partial charge in [0.05, 0.1) is 6.42 Å². The number of carbonyl (C=O) groups excluding carboxylic acids is 2. The third-order valence-electron chi connectivity index (χ3n) is 6.06. The van der Waals surface area contributed by atoms with Crippen LogP contribution >= 0.6 is 0 Å². The minimum absolute atomic E-state index is 0.0867. The number of hydrogen-bond donors (Lipinski definition) is 2. The molecule has 0 saturated carbocycles. The third-order valence-corrected chi connectivity index (χ3v) is 6.06. The van der Waals surface area contributed by atoms with Crippen molar-refractivity contribution in [2.75, 3.05) is 42.9 Å². The van der Waals surface area contributed by atoms with Gasteiger partial charge in [0.25, 0.3) is 5.91 Å². The van der Waals surface area contributed by atoms with Gasteiger partial charge >= 0.3 is 0 Å². The molecule has 1 fully saturated rings. The topological polar surface area (TPSA) is 91.8 Å². The van der Waals surface area contributed by atoms with Gasteiger partial charge in [-0.25, -0.2) is 0 Å². The normalized spacial score (nSPS) is 16.7. The average molecular weight is 404 g/mol. The van der Waals surface area contributed by atoms with E-state index in [1.165, 1.54) is 5.56 Å². The molecule has 5 rings (SSSR count). The van der Waals surface area contributed by atoms with Crippen molar-refractivity contribution in [2.45, 2.75) is 12.8 Å². The number of rotatable bonds is 5. The summed E-state index contributed by atoms with van der Waals surface area (Å²) in [5.41, 5.74) is 10.5. The highest BCUT2D eigenvalue weighted by Gasteiger charge is 2.22. The predicted molar refractivity (Wildman–Crippen MR) is 116 cm³/mol. The summed E-state index contributed by atoms with van der Waals surface area (Å²) < 4.78 is 5.47. The van der Waals surface area contributed by atoms with Crippen LogP contribution in [0, 0.1) is 0 Å². The summed E-state index contributed by atoms with van der Waals surface area (Å²) >= 11 is 0. The molecule has 30 heavy (non-hydrogen) atoms. The molecule has 3 aromatic rings. The summed E-state index contributed by atoms with van der Waals surface area (Å²) in [6.45, 7) is 4.85. The number of hydrogen-bond acceptors (Lipinski definition) is 5. The highest BCUT2D eigenvalue weighted by atomic mass is 16.3. The number of piperazine rings is 1. The van der Waals surface area contributed by atoms with Crippen LogP contribution < -0.4 is 16.0 Å². The number of anilines is 2. The highest BCUT2D eigenvalue weighted by molar-refractivity contribution is 5.99. The summed E-state index contributed by atoms with van der Waals surface area (Å²) in [7, 11) is 0. The molecule has 0 spiro atoms. The van der Waals surface area contributed by atoms with Gasteiger partial charge < -0.3 is 20.4 Å². The van der Waals surface area contributed by atoms with Crippen molar-refractivity contribution in [1.82, 2.24) is 4.90 Å². The lowest BCUT2D eigenvalue weighted by Crippen LogP contribution is -2.47. The van der Waals surface area contributed by atoms with Crippen molar-refractivity contribution in [3.05, 3.63) is 59.4 Å². The Balaban J connectivity index is 1.20. The van der Waals surface area contributed by atoms with Crippen LogP contribution in [-0.2, 0) is 17.6 Å². The Morgan fingerprint density at radius 3 is 2.73 bits per heavy atom. The Labute approximate surface area is 174 Å². The van der Waals surface area contributed by atoms with E-state index in [1.54, 1.807) is 6.07 Å². The van der Waals surface area contributed by atoms with Crippen molar-refractivity contribution in [3.63, 3.8) is 0 Å². The van der Waals surface area contributed by atoms with Gasteiger partial charge in [0, 0.05) is 49.5 Å². The maximum Gasteiger partial charge on any atom is 0.284 e. The van der Waals surface area contributed by atoms with Gasteiger partial charge in [-0.15, -0.1) is 0 Å². The number of amides is 2. The minimum atomic E-state index is -0.550. The fraction of sp³-hybridized carbons (Fsp3) is 0.304. The molecule has 2 aromatic carbocycles. The highest BCUT2D eigenvalue weighted by Crippen LogP contribution is 2.28. The Kier molecular flexibility index (Phi) is 4.67. The molecular formula is C23H24N4O3. The molecule has 0 unspecified atom stereocenters. The summed E-state index contributed by atoms with van der Waals surface area (Å²) in [5.74, 6) is -0.273. The fourth-order valence-corrected chi connectivity index (χ4v) is 4.41. The minimum Gasteiger partial charge on any atom is -0.451 e. The van der Waals surface area contributed by atoms with Crippen molar-refractivity contribution in [2.24, 2.45) is 5.73 Å². The van der Waals surface area contributed by atoms with E-state index in [0.29, 0.717) is 12.0 Å². The van der Waals surface area contributed by atoms with E-state index in [0.717, 1.165) is 61.5 Å². The zero-order chi connectivity index (χ0) is 20.7. The van der Waals surface area contributed by atoms with E-state index in [4.69, 9.17) is 10.2 Å². The van der Waals surface area contributed by atoms with Crippen LogP contribution in [0.15, 0.2) is 46.9 Å². The monoisotopic (exact) mass is 404 g/mol. The Hall–Kier alpha value is -3.32. The first-order chi connectivity index (χ1) is 14.6. The van der Waals surface area contributed by atoms with Crippen LogP contribution in [0.25, 0.3) is 11.0 Å². The van der Waals surface area contributed by atoms with Crippen LogP contribution in [0.3, 0.4) is 0 Å². The van der Waals surface area contributed by atoms with Crippen LogP contribution in [0.4, 0.5) is 11.4 Å². The number of fused-ring (bicyclic) bond motifs is 2. The van der Waals surface area contributed by atoms with Crippen molar-refractivity contribution >= 4 is 34.2 Å². The quantitative estimate of drug-likeness (QED) is 0.681. The van der Waals surface area contributed by atoms with E-state index in [9.17, 15) is 9.59 Å². The molecule has 3 heterocycles. The lowest BCUT2D eigenvalue weighted by Gasteiger charge is -2.36. The number of furan rings is 1. The average Bonchev–Trinajstić information content (AvgIpc) is 3.35. The number of benzene rings is 2. The van der Waals surface area contributed by atoms with E-state index in [2.05, 4.69) is 27.2 Å². The Bertz CT molecular complexity index is 1130. The molecule has 3 N–H and O–H groups in total. The zero-order valence-electron chi connectivity index (χ0n) is 16.7. The van der Waals surface area contributed by atoms with E-state index < -0.39 is 5.91 Å². The lowest BCUT2D eigenvalue weighted by atomic mass is 10.0. The van der Waals surface area contributed by atoms with Gasteiger partial charge in [0.1, 0.15) is 5.58 Å². The SMILES string of the molecule is NC(=O)c1cc2cc(N3CCN(CCc4cccc5c4CC(=O)N5)CC3)ccc2o1. The molecule has 2 aliphatic rings. The summed E-state index contributed by atoms with van der Waals surface area (Å²) in [6.07, 6.45) is 1.45. The van der Waals surface area contributed by atoms with E-state index in [-0.39, 0.29) is 11.7 Å². The molecule has 2 aliphatic heterocycles. The first-order valence-corrected chi connectivity index (χ1v) is 10.3. The van der Waals surface area contributed by atoms with Crippen molar-refractivity contribution in [3.8, 4) is 0 Å². The van der Waals surface area contributed by atoms with Gasteiger partial charge in [-0.3, -0.25) is 14.5 Å². The second kappa shape index (κ2) is 7.50. The molecule has 0 atom stereocenters. The molecule has 0 radical (unpaired) electrons. The first kappa shape index (κ1) is 18.7. The van der Waals surface area contributed by atoms with Gasteiger partial charge in [0.2, 0.25) is 5.91 Å². The molecular weight excluding hydrogens is 380 g/mol. The molecule has 1 saturated heterocycles. The fourth-order valence-electron chi connectivity index (χ4n) is 4.41. The first-order valence-electron chi connectivity index (χ1n) is 10.3. The molecule has 7 nitrogen and oxygen atoms in total. The number of nitrogens with zero attached hydrogens (tertiary/aromatic N) is 2. The largest absolute Gasteiger partial charge is 0.451 e. The number of nitrogens with two attached hydrogens (primary N) is 1. The van der Waals surface area contributed by atoms with Gasteiger partial charge in [0.15, 0.2) is 5.76 Å². The summed E-state index contributed by atoms with van der Waals surface area (Å²) in [4.78, 5) is 27.8. The molecule has 1 aromatic heterocycles. The maximum absolute atomic E-state index is 11.7. The zero-order valence-corrected chi connectivity index (χ0v) is 16.7. The molecule has 0 bridgehead atoms. The molecule has 0 aliphatic carbocycles. The van der Waals surface area contributed by atoms with Gasteiger partial charge in [-0.05, 0) is 47.9 Å². The standard InChI is InChI=1S/C23H24N4O3/c24-23(29)21-13-16-12-17(4-5-20(16)30-21)27-10-8-26(9-11-27)7-6-15-2-1-3-19-18(15)14-22(28)25-19/h1-5,12-13H,6-11,14H2,(H2,24,29)(H,25,28). The van der Waals surface area contributed by atoms with Gasteiger partial charge in [-0.1, -0.05) is 12.1 Å². The van der Waals surface area contributed by atoms with Crippen LogP contribution in [0.1, 0.15) is 21.7 Å². The van der Waals surface area contributed by atoms with Gasteiger partial charge in [-0.2, -0.15) is 0 Å².